The van der Waals surface area contributed by atoms with Crippen LogP contribution in [0.4, 0.5) is 0 Å². The number of carbonyl (C=O) groups is 1. The summed E-state index contributed by atoms with van der Waals surface area (Å²) in [6.07, 6.45) is 5.94. The molecule has 2 unspecified atom stereocenters. The summed E-state index contributed by atoms with van der Waals surface area (Å²) in [5, 5.41) is 12.5. The number of nitriles is 1. The summed E-state index contributed by atoms with van der Waals surface area (Å²) in [5.41, 5.74) is 0.732. The normalized spacial score (nSPS) is 22.3. The summed E-state index contributed by atoms with van der Waals surface area (Å²) < 4.78 is 16.5. The number of methoxy groups -OCH3 is 1. The molecule has 138 valence electrons. The van der Waals surface area contributed by atoms with Crippen LogP contribution in [0, 0.1) is 17.2 Å². The van der Waals surface area contributed by atoms with Crippen molar-refractivity contribution in [2.24, 2.45) is 5.92 Å². The van der Waals surface area contributed by atoms with Gasteiger partial charge in [-0.25, -0.2) is 0 Å². The number of nitrogens with zero attached hydrogens (tertiary/aromatic N) is 1. The number of fused-ring (bicyclic) bond motifs is 1. The lowest BCUT2D eigenvalue weighted by Gasteiger charge is -2.29. The molecule has 1 aromatic carbocycles. The van der Waals surface area contributed by atoms with Gasteiger partial charge < -0.3 is 19.5 Å². The van der Waals surface area contributed by atoms with Gasteiger partial charge in [-0.15, -0.1) is 0 Å². The molecule has 0 aromatic heterocycles. The van der Waals surface area contributed by atoms with E-state index in [1.807, 2.05) is 6.07 Å². The SMILES string of the molecule is COc1cc(/C=C(\C#N)C(=O)NC2CCCCC2C)cc2c1OCCO2. The maximum Gasteiger partial charge on any atom is 0.262 e. The summed E-state index contributed by atoms with van der Waals surface area (Å²) in [4.78, 5) is 12.5. The Morgan fingerprint density at radius 1 is 1.31 bits per heavy atom. The lowest BCUT2D eigenvalue weighted by molar-refractivity contribution is -0.118. The summed E-state index contributed by atoms with van der Waals surface area (Å²) in [6.45, 7) is 3.06. The van der Waals surface area contributed by atoms with E-state index in [1.165, 1.54) is 6.42 Å². The first kappa shape index (κ1) is 18.1. The van der Waals surface area contributed by atoms with Crippen LogP contribution in [-0.4, -0.2) is 32.3 Å². The van der Waals surface area contributed by atoms with Crippen molar-refractivity contribution in [1.29, 1.82) is 5.26 Å². The van der Waals surface area contributed by atoms with Gasteiger partial charge in [-0.05, 0) is 42.5 Å². The Morgan fingerprint density at radius 2 is 2.08 bits per heavy atom. The lowest BCUT2D eigenvalue weighted by atomic mass is 9.86. The lowest BCUT2D eigenvalue weighted by Crippen LogP contribution is -2.41. The molecule has 2 atom stereocenters. The highest BCUT2D eigenvalue weighted by molar-refractivity contribution is 6.02. The second-order valence-electron chi connectivity index (χ2n) is 6.76. The molecule has 26 heavy (non-hydrogen) atoms. The van der Waals surface area contributed by atoms with Crippen LogP contribution in [0.2, 0.25) is 0 Å². The van der Waals surface area contributed by atoms with Crippen molar-refractivity contribution in [3.05, 3.63) is 23.3 Å². The van der Waals surface area contributed by atoms with Crippen molar-refractivity contribution in [2.75, 3.05) is 20.3 Å². The summed E-state index contributed by atoms with van der Waals surface area (Å²) in [6, 6.07) is 5.63. The molecule has 1 saturated carbocycles. The number of rotatable bonds is 4. The molecule has 3 rings (SSSR count). The topological polar surface area (TPSA) is 80.6 Å². The fourth-order valence-electron chi connectivity index (χ4n) is 3.47. The van der Waals surface area contributed by atoms with Crippen molar-refractivity contribution in [2.45, 2.75) is 38.6 Å². The third kappa shape index (κ3) is 3.93. The number of amides is 1. The fraction of sp³-hybridized carbons (Fsp3) is 0.500. The Labute approximate surface area is 153 Å². The zero-order valence-electron chi connectivity index (χ0n) is 15.2. The Kier molecular flexibility index (Phi) is 5.67. The predicted molar refractivity (Wildman–Crippen MR) is 97.1 cm³/mol. The third-order valence-corrected chi connectivity index (χ3v) is 4.95. The Hall–Kier alpha value is -2.68. The minimum atomic E-state index is -0.333. The molecule has 0 saturated heterocycles. The first-order valence-electron chi connectivity index (χ1n) is 9.02. The van der Waals surface area contributed by atoms with E-state index in [1.54, 1.807) is 25.3 Å². The van der Waals surface area contributed by atoms with E-state index in [4.69, 9.17) is 14.2 Å². The van der Waals surface area contributed by atoms with Gasteiger partial charge >= 0.3 is 0 Å². The second-order valence-corrected chi connectivity index (χ2v) is 6.76. The van der Waals surface area contributed by atoms with E-state index in [2.05, 4.69) is 12.2 Å². The Bertz CT molecular complexity index is 734. The van der Waals surface area contributed by atoms with Gasteiger partial charge in [0.2, 0.25) is 5.75 Å². The smallest absolute Gasteiger partial charge is 0.262 e. The summed E-state index contributed by atoms with van der Waals surface area (Å²) in [7, 11) is 1.55. The van der Waals surface area contributed by atoms with Gasteiger partial charge in [-0.1, -0.05) is 19.8 Å². The van der Waals surface area contributed by atoms with Gasteiger partial charge in [-0.3, -0.25) is 4.79 Å². The van der Waals surface area contributed by atoms with Gasteiger partial charge in [0.05, 0.1) is 7.11 Å². The zero-order chi connectivity index (χ0) is 18.5. The first-order chi connectivity index (χ1) is 12.6. The molecule has 2 aliphatic rings. The molecule has 0 spiro atoms. The van der Waals surface area contributed by atoms with Crippen LogP contribution < -0.4 is 19.5 Å². The van der Waals surface area contributed by atoms with Gasteiger partial charge in [0.25, 0.3) is 5.91 Å². The van der Waals surface area contributed by atoms with Crippen molar-refractivity contribution < 1.29 is 19.0 Å². The molecular formula is C20H24N2O4. The highest BCUT2D eigenvalue weighted by Crippen LogP contribution is 2.40. The largest absolute Gasteiger partial charge is 0.493 e. The number of hydrogen-bond acceptors (Lipinski definition) is 5. The van der Waals surface area contributed by atoms with Crippen LogP contribution >= 0.6 is 0 Å². The van der Waals surface area contributed by atoms with E-state index in [0.29, 0.717) is 41.9 Å². The fourth-order valence-corrected chi connectivity index (χ4v) is 3.47. The molecular weight excluding hydrogens is 332 g/mol. The molecule has 0 radical (unpaired) electrons. The molecule has 1 fully saturated rings. The predicted octanol–water partition coefficient (Wildman–Crippen LogP) is 3.07. The van der Waals surface area contributed by atoms with Gasteiger partial charge in [0, 0.05) is 6.04 Å². The molecule has 1 N–H and O–H groups in total. The van der Waals surface area contributed by atoms with Crippen molar-refractivity contribution in [1.82, 2.24) is 5.32 Å². The molecule has 1 aromatic rings. The van der Waals surface area contributed by atoms with Gasteiger partial charge in [0.1, 0.15) is 24.9 Å². The average Bonchev–Trinajstić information content (AvgIpc) is 2.67. The summed E-state index contributed by atoms with van der Waals surface area (Å²) in [5.74, 6) is 1.73. The highest BCUT2D eigenvalue weighted by Gasteiger charge is 2.24. The molecule has 6 nitrogen and oxygen atoms in total. The minimum Gasteiger partial charge on any atom is -0.493 e. The molecule has 1 amide bonds. The van der Waals surface area contributed by atoms with E-state index >= 15 is 0 Å². The maximum absolute atomic E-state index is 12.5. The van der Waals surface area contributed by atoms with E-state index in [0.717, 1.165) is 19.3 Å². The van der Waals surface area contributed by atoms with E-state index < -0.39 is 0 Å². The van der Waals surface area contributed by atoms with Crippen LogP contribution in [0.5, 0.6) is 17.2 Å². The zero-order valence-corrected chi connectivity index (χ0v) is 15.2. The summed E-state index contributed by atoms with van der Waals surface area (Å²) >= 11 is 0. The highest BCUT2D eigenvalue weighted by atomic mass is 16.6. The standard InChI is InChI=1S/C20H24N2O4/c1-13-5-3-4-6-16(13)22-20(23)15(12-21)9-14-10-17(24-2)19-18(11-14)25-7-8-26-19/h9-11,13,16H,3-8H2,1-2H3,(H,22,23)/b15-9+. The molecule has 0 bridgehead atoms. The maximum atomic E-state index is 12.5. The molecule has 6 heteroatoms. The number of nitrogens with one attached hydrogen (secondary N) is 1. The number of benzene rings is 1. The van der Waals surface area contributed by atoms with E-state index in [-0.39, 0.29) is 17.5 Å². The third-order valence-electron chi connectivity index (χ3n) is 4.95. The molecule has 1 heterocycles. The Morgan fingerprint density at radius 3 is 2.81 bits per heavy atom. The Balaban J connectivity index is 1.82. The number of hydrogen-bond donors (Lipinski definition) is 1. The van der Waals surface area contributed by atoms with Crippen molar-refractivity contribution >= 4 is 12.0 Å². The monoisotopic (exact) mass is 356 g/mol. The van der Waals surface area contributed by atoms with Gasteiger partial charge in [-0.2, -0.15) is 5.26 Å². The number of carbonyl (C=O) groups excluding carboxylic acids is 1. The quantitative estimate of drug-likeness (QED) is 0.662. The van der Waals surface area contributed by atoms with E-state index in [9.17, 15) is 10.1 Å². The van der Waals surface area contributed by atoms with Crippen LogP contribution in [0.3, 0.4) is 0 Å². The second kappa shape index (κ2) is 8.13. The first-order valence-corrected chi connectivity index (χ1v) is 9.02. The van der Waals surface area contributed by atoms with Crippen LogP contribution in [-0.2, 0) is 4.79 Å². The van der Waals surface area contributed by atoms with Crippen LogP contribution in [0.15, 0.2) is 17.7 Å². The van der Waals surface area contributed by atoms with Gasteiger partial charge in [0.15, 0.2) is 11.5 Å². The molecule has 1 aliphatic carbocycles. The minimum absolute atomic E-state index is 0.0708. The van der Waals surface area contributed by atoms with Crippen LogP contribution in [0.1, 0.15) is 38.2 Å². The molecule has 1 aliphatic heterocycles. The van der Waals surface area contributed by atoms with Crippen LogP contribution in [0.25, 0.3) is 6.08 Å². The van der Waals surface area contributed by atoms with Crippen molar-refractivity contribution in [3.63, 3.8) is 0 Å². The average molecular weight is 356 g/mol. The van der Waals surface area contributed by atoms with Crippen molar-refractivity contribution in [3.8, 4) is 23.3 Å². The number of ether oxygens (including phenoxy) is 3.